The standard InChI is InChI=1S/C24H33ClN2O3/c1-3-22(26)24(17-7-12-29-13-8-17)9-4-18(5-10-24)30-21-14-16-6-11-27-23(28-2)19(16)15-20(21)25/h6,11,14-15,17-18,22H,3-5,7-10,12-13,26H2,1-2H3/t18-,22?,24+. The monoisotopic (exact) mass is 432 g/mol. The molecule has 0 amide bonds. The average Bonchev–Trinajstić information content (AvgIpc) is 2.80. The van der Waals surface area contributed by atoms with Crippen molar-refractivity contribution in [3.8, 4) is 11.6 Å². The van der Waals surface area contributed by atoms with Crippen LogP contribution in [0.1, 0.15) is 51.9 Å². The molecule has 1 aliphatic heterocycles. The van der Waals surface area contributed by atoms with Crippen molar-refractivity contribution in [1.29, 1.82) is 0 Å². The number of pyridine rings is 1. The first-order valence-electron chi connectivity index (χ1n) is 11.2. The number of ether oxygens (including phenoxy) is 3. The van der Waals surface area contributed by atoms with E-state index in [9.17, 15) is 0 Å². The van der Waals surface area contributed by atoms with Gasteiger partial charge in [0.25, 0.3) is 0 Å². The van der Waals surface area contributed by atoms with E-state index < -0.39 is 0 Å². The van der Waals surface area contributed by atoms with Crippen molar-refractivity contribution in [2.75, 3.05) is 20.3 Å². The molecule has 1 unspecified atom stereocenters. The third-order valence-corrected chi connectivity index (χ3v) is 7.64. The SMILES string of the molecule is CCC(N)[C@]1(C2CCOCC2)CC[C@H](Oc2cc3ccnc(OC)c3cc2Cl)CC1. The molecule has 1 saturated heterocycles. The van der Waals surface area contributed by atoms with Gasteiger partial charge in [0.15, 0.2) is 0 Å². The Labute approximate surface area is 184 Å². The molecule has 2 aliphatic rings. The Morgan fingerprint density at radius 3 is 2.63 bits per heavy atom. The molecule has 0 radical (unpaired) electrons. The highest BCUT2D eigenvalue weighted by Gasteiger charge is 2.46. The van der Waals surface area contributed by atoms with Crippen LogP contribution in [0.5, 0.6) is 11.6 Å². The molecule has 0 bridgehead atoms. The van der Waals surface area contributed by atoms with Gasteiger partial charge in [0, 0.05) is 30.8 Å². The second kappa shape index (κ2) is 9.29. The molecule has 2 aromatic rings. The van der Waals surface area contributed by atoms with Crippen LogP contribution < -0.4 is 15.2 Å². The van der Waals surface area contributed by atoms with Gasteiger partial charge in [0.05, 0.1) is 18.2 Å². The Morgan fingerprint density at radius 1 is 1.23 bits per heavy atom. The Balaban J connectivity index is 1.49. The first-order chi connectivity index (χ1) is 14.6. The number of nitrogens with zero attached hydrogens (tertiary/aromatic N) is 1. The summed E-state index contributed by atoms with van der Waals surface area (Å²) in [6.07, 6.45) is 9.44. The van der Waals surface area contributed by atoms with Crippen molar-refractivity contribution >= 4 is 22.4 Å². The molecule has 1 aromatic heterocycles. The van der Waals surface area contributed by atoms with Crippen LogP contribution in [-0.2, 0) is 4.74 Å². The van der Waals surface area contributed by atoms with E-state index in [1.807, 2.05) is 18.2 Å². The van der Waals surface area contributed by atoms with Crippen molar-refractivity contribution in [3.63, 3.8) is 0 Å². The van der Waals surface area contributed by atoms with Gasteiger partial charge in [-0.25, -0.2) is 4.98 Å². The topological polar surface area (TPSA) is 66.6 Å². The summed E-state index contributed by atoms with van der Waals surface area (Å²) >= 11 is 6.56. The van der Waals surface area contributed by atoms with Crippen molar-refractivity contribution in [2.45, 2.75) is 64.0 Å². The predicted octanol–water partition coefficient (Wildman–Crippen LogP) is 5.37. The van der Waals surface area contributed by atoms with Crippen LogP contribution in [0, 0.1) is 11.3 Å². The summed E-state index contributed by atoms with van der Waals surface area (Å²) in [6, 6.07) is 6.09. The summed E-state index contributed by atoms with van der Waals surface area (Å²) in [5, 5.41) is 2.51. The zero-order chi connectivity index (χ0) is 21.1. The van der Waals surface area contributed by atoms with Crippen LogP contribution in [0.4, 0.5) is 0 Å². The fraction of sp³-hybridized carbons (Fsp3) is 0.625. The van der Waals surface area contributed by atoms with Crippen molar-refractivity contribution < 1.29 is 14.2 Å². The summed E-state index contributed by atoms with van der Waals surface area (Å²) in [5.74, 6) is 1.97. The van der Waals surface area contributed by atoms with Crippen LogP contribution in [0.3, 0.4) is 0 Å². The van der Waals surface area contributed by atoms with E-state index in [0.717, 1.165) is 74.7 Å². The fourth-order valence-electron chi connectivity index (χ4n) is 5.59. The minimum Gasteiger partial charge on any atom is -0.489 e. The molecule has 1 atom stereocenters. The molecular formula is C24H33ClN2O3. The van der Waals surface area contributed by atoms with Gasteiger partial charge in [-0.2, -0.15) is 0 Å². The zero-order valence-corrected chi connectivity index (χ0v) is 18.8. The fourth-order valence-corrected chi connectivity index (χ4v) is 5.80. The Hall–Kier alpha value is -1.56. The lowest BCUT2D eigenvalue weighted by Gasteiger charge is -2.50. The molecule has 1 aromatic carbocycles. The quantitative estimate of drug-likeness (QED) is 0.664. The number of hydrogen-bond donors (Lipinski definition) is 1. The molecule has 1 saturated carbocycles. The van der Waals surface area contributed by atoms with Crippen LogP contribution in [-0.4, -0.2) is 37.5 Å². The number of hydrogen-bond acceptors (Lipinski definition) is 5. The zero-order valence-electron chi connectivity index (χ0n) is 18.0. The lowest BCUT2D eigenvalue weighted by molar-refractivity contribution is -0.0398. The third-order valence-electron chi connectivity index (χ3n) is 7.34. The van der Waals surface area contributed by atoms with Crippen LogP contribution in [0.25, 0.3) is 10.8 Å². The maximum Gasteiger partial charge on any atom is 0.221 e. The van der Waals surface area contributed by atoms with Crippen molar-refractivity contribution in [2.24, 2.45) is 17.1 Å². The second-order valence-corrected chi connectivity index (χ2v) is 9.18. The van der Waals surface area contributed by atoms with E-state index in [0.29, 0.717) is 16.8 Å². The summed E-state index contributed by atoms with van der Waals surface area (Å²) in [6.45, 7) is 3.95. The molecule has 5 nitrogen and oxygen atoms in total. The number of benzene rings is 1. The summed E-state index contributed by atoms with van der Waals surface area (Å²) in [4.78, 5) is 4.25. The van der Waals surface area contributed by atoms with E-state index in [-0.39, 0.29) is 17.6 Å². The number of rotatable bonds is 6. The summed E-state index contributed by atoms with van der Waals surface area (Å²) in [7, 11) is 1.62. The summed E-state index contributed by atoms with van der Waals surface area (Å²) in [5.41, 5.74) is 6.92. The lowest BCUT2D eigenvalue weighted by atomic mass is 9.59. The molecule has 2 fully saturated rings. The first kappa shape index (κ1) is 21.7. The highest BCUT2D eigenvalue weighted by atomic mass is 35.5. The molecule has 2 heterocycles. The number of fused-ring (bicyclic) bond motifs is 1. The Bertz CT molecular complexity index is 861. The van der Waals surface area contributed by atoms with Gasteiger partial charge >= 0.3 is 0 Å². The molecule has 1 aliphatic carbocycles. The van der Waals surface area contributed by atoms with Gasteiger partial charge in [-0.15, -0.1) is 0 Å². The van der Waals surface area contributed by atoms with Gasteiger partial charge in [0.2, 0.25) is 5.88 Å². The van der Waals surface area contributed by atoms with Crippen molar-refractivity contribution in [1.82, 2.24) is 4.98 Å². The number of halogens is 1. The maximum atomic E-state index is 6.70. The van der Waals surface area contributed by atoms with Crippen LogP contribution in [0.2, 0.25) is 5.02 Å². The molecule has 164 valence electrons. The smallest absolute Gasteiger partial charge is 0.221 e. The minimum atomic E-state index is 0.167. The molecule has 6 heteroatoms. The molecular weight excluding hydrogens is 400 g/mol. The summed E-state index contributed by atoms with van der Waals surface area (Å²) < 4.78 is 17.4. The van der Waals surface area contributed by atoms with Gasteiger partial charge in [-0.3, -0.25) is 0 Å². The van der Waals surface area contributed by atoms with Gasteiger partial charge in [-0.05, 0) is 79.9 Å². The number of methoxy groups -OCH3 is 1. The third kappa shape index (κ3) is 4.12. The van der Waals surface area contributed by atoms with Gasteiger partial charge in [-0.1, -0.05) is 18.5 Å². The first-order valence-corrected chi connectivity index (χ1v) is 11.6. The highest BCUT2D eigenvalue weighted by Crippen LogP contribution is 2.50. The van der Waals surface area contributed by atoms with E-state index in [1.54, 1.807) is 13.3 Å². The van der Waals surface area contributed by atoms with Crippen LogP contribution >= 0.6 is 11.6 Å². The Kier molecular flexibility index (Phi) is 6.71. The molecule has 0 spiro atoms. The minimum absolute atomic E-state index is 0.167. The predicted molar refractivity (Wildman–Crippen MR) is 120 cm³/mol. The number of aromatic nitrogens is 1. The molecule has 2 N–H and O–H groups in total. The average molecular weight is 433 g/mol. The molecule has 30 heavy (non-hydrogen) atoms. The maximum absolute atomic E-state index is 6.70. The van der Waals surface area contributed by atoms with Crippen LogP contribution in [0.15, 0.2) is 24.4 Å². The largest absolute Gasteiger partial charge is 0.489 e. The normalized spacial score (nSPS) is 26.5. The second-order valence-electron chi connectivity index (χ2n) is 8.78. The molecule has 4 rings (SSSR count). The van der Waals surface area contributed by atoms with E-state index in [4.69, 9.17) is 31.5 Å². The van der Waals surface area contributed by atoms with Crippen molar-refractivity contribution in [3.05, 3.63) is 29.4 Å². The number of nitrogens with two attached hydrogens (primary N) is 1. The highest BCUT2D eigenvalue weighted by molar-refractivity contribution is 6.33. The Morgan fingerprint density at radius 2 is 1.97 bits per heavy atom. The van der Waals surface area contributed by atoms with Gasteiger partial charge in [0.1, 0.15) is 5.75 Å². The lowest BCUT2D eigenvalue weighted by Crippen LogP contribution is -2.51. The van der Waals surface area contributed by atoms with E-state index in [2.05, 4.69) is 11.9 Å². The van der Waals surface area contributed by atoms with E-state index >= 15 is 0 Å². The van der Waals surface area contributed by atoms with Gasteiger partial charge < -0.3 is 19.9 Å². The van der Waals surface area contributed by atoms with E-state index in [1.165, 1.54) is 0 Å².